The third-order valence-corrected chi connectivity index (χ3v) is 6.50. The van der Waals surface area contributed by atoms with E-state index in [4.69, 9.17) is 4.98 Å². The molecule has 0 fully saturated rings. The van der Waals surface area contributed by atoms with Gasteiger partial charge in [-0.25, -0.2) is 9.97 Å². The van der Waals surface area contributed by atoms with Crippen molar-refractivity contribution in [3.05, 3.63) is 96.0 Å². The van der Waals surface area contributed by atoms with E-state index in [1.807, 2.05) is 36.5 Å². The van der Waals surface area contributed by atoms with Gasteiger partial charge in [0.15, 0.2) is 0 Å². The van der Waals surface area contributed by atoms with E-state index in [0.29, 0.717) is 11.4 Å². The number of anilines is 1. The highest BCUT2D eigenvalue weighted by Crippen LogP contribution is 2.33. The van der Waals surface area contributed by atoms with Gasteiger partial charge in [-0.1, -0.05) is 30.8 Å². The zero-order chi connectivity index (χ0) is 23.1. The highest BCUT2D eigenvalue weighted by molar-refractivity contribution is 5.91. The summed E-state index contributed by atoms with van der Waals surface area (Å²) in [5, 5.41) is 10.9. The largest absolute Gasteiger partial charge is 0.339 e. The molecule has 0 radical (unpaired) electrons. The van der Waals surface area contributed by atoms with E-state index in [2.05, 4.69) is 63.3 Å². The summed E-state index contributed by atoms with van der Waals surface area (Å²) in [6.45, 7) is 6.34. The van der Waals surface area contributed by atoms with Crippen molar-refractivity contribution >= 4 is 22.5 Å². The van der Waals surface area contributed by atoms with Crippen LogP contribution in [0.3, 0.4) is 0 Å². The number of fused-ring (bicyclic) bond motifs is 2. The molecule has 1 aliphatic rings. The van der Waals surface area contributed by atoms with E-state index in [1.165, 1.54) is 35.1 Å². The molecule has 0 unspecified atom stereocenters. The molecule has 0 saturated carbocycles. The Morgan fingerprint density at radius 1 is 0.941 bits per heavy atom. The van der Waals surface area contributed by atoms with Gasteiger partial charge < -0.3 is 5.32 Å². The summed E-state index contributed by atoms with van der Waals surface area (Å²) in [6, 6.07) is 18.6. The predicted molar refractivity (Wildman–Crippen MR) is 136 cm³/mol. The molecule has 0 bridgehead atoms. The highest BCUT2D eigenvalue weighted by Gasteiger charge is 2.16. The van der Waals surface area contributed by atoms with Crippen LogP contribution >= 0.6 is 0 Å². The molecule has 1 aliphatic carbocycles. The quantitative estimate of drug-likeness (QED) is 0.350. The maximum atomic E-state index is 4.81. The fraction of sp³-hybridized carbons (Fsp3) is 0.143. The number of hydrogen-bond donors (Lipinski definition) is 2. The molecule has 0 amide bonds. The van der Waals surface area contributed by atoms with Crippen LogP contribution in [0.4, 0.5) is 5.82 Å². The summed E-state index contributed by atoms with van der Waals surface area (Å²) in [5.41, 5.74) is 10.9. The maximum absolute atomic E-state index is 4.81. The lowest BCUT2D eigenvalue weighted by atomic mass is 9.98. The number of benzene rings is 1. The summed E-state index contributed by atoms with van der Waals surface area (Å²) in [6.07, 6.45) is 7.19. The second-order valence-corrected chi connectivity index (χ2v) is 8.65. The second-order valence-electron chi connectivity index (χ2n) is 8.65. The fourth-order valence-corrected chi connectivity index (χ4v) is 4.68. The lowest BCUT2D eigenvalue weighted by Gasteiger charge is -2.14. The van der Waals surface area contributed by atoms with E-state index in [-0.39, 0.29) is 0 Å². The molecular formula is C28H24N6. The molecule has 0 saturated heterocycles. The van der Waals surface area contributed by atoms with Gasteiger partial charge in [-0.3, -0.25) is 10.1 Å². The minimum Gasteiger partial charge on any atom is -0.339 e. The van der Waals surface area contributed by atoms with Gasteiger partial charge in [0.2, 0.25) is 0 Å². The molecule has 0 atom stereocenters. The standard InChI is InChI=1S/C28H24N6/c1-17-22(21-10-9-19-6-5-7-20(19)16-21)13-15-30-28(17)31-18(2)26-27-25(33-34-26)12-11-24(32-27)23-8-3-4-14-29-23/h3-4,8-16H,2,5-7H2,1H3,(H,30,31)(H,33,34). The molecule has 2 N–H and O–H groups in total. The number of hydrogen-bond acceptors (Lipinski definition) is 5. The Hall–Kier alpha value is -4.32. The predicted octanol–water partition coefficient (Wildman–Crippen LogP) is 5.96. The van der Waals surface area contributed by atoms with Gasteiger partial charge >= 0.3 is 0 Å². The molecule has 4 heterocycles. The van der Waals surface area contributed by atoms with Crippen molar-refractivity contribution in [2.24, 2.45) is 0 Å². The number of aromatic amines is 1. The summed E-state index contributed by atoms with van der Waals surface area (Å²) < 4.78 is 0. The summed E-state index contributed by atoms with van der Waals surface area (Å²) in [7, 11) is 0. The van der Waals surface area contributed by atoms with E-state index < -0.39 is 0 Å². The van der Waals surface area contributed by atoms with Crippen molar-refractivity contribution in [2.45, 2.75) is 26.2 Å². The van der Waals surface area contributed by atoms with Gasteiger partial charge in [0, 0.05) is 12.4 Å². The minimum absolute atomic E-state index is 0.638. The van der Waals surface area contributed by atoms with E-state index >= 15 is 0 Å². The van der Waals surface area contributed by atoms with Crippen molar-refractivity contribution in [1.82, 2.24) is 25.1 Å². The SMILES string of the molecule is C=C(Nc1nccc(-c2ccc3c(c2)CCC3)c1C)c1n[nH]c2ccc(-c3ccccn3)nc12. The summed E-state index contributed by atoms with van der Waals surface area (Å²) in [5.74, 6) is 0.764. The molecule has 0 spiro atoms. The van der Waals surface area contributed by atoms with Gasteiger partial charge in [-0.2, -0.15) is 5.10 Å². The molecule has 0 aliphatic heterocycles. The van der Waals surface area contributed by atoms with Gasteiger partial charge in [0.25, 0.3) is 0 Å². The smallest absolute Gasteiger partial charge is 0.134 e. The van der Waals surface area contributed by atoms with Crippen LogP contribution in [0.5, 0.6) is 0 Å². The number of pyridine rings is 3. The Bertz CT molecular complexity index is 1530. The molecular weight excluding hydrogens is 420 g/mol. The molecule has 5 aromatic rings. The first kappa shape index (κ1) is 20.3. The number of nitrogens with one attached hydrogen (secondary N) is 2. The van der Waals surface area contributed by atoms with E-state index in [0.717, 1.165) is 40.2 Å². The zero-order valence-electron chi connectivity index (χ0n) is 19.0. The third kappa shape index (κ3) is 3.53. The van der Waals surface area contributed by atoms with Crippen molar-refractivity contribution in [2.75, 3.05) is 5.32 Å². The van der Waals surface area contributed by atoms with Crippen LogP contribution in [0.15, 0.2) is 73.6 Å². The molecule has 1 aromatic carbocycles. The van der Waals surface area contributed by atoms with Crippen molar-refractivity contribution in [1.29, 1.82) is 0 Å². The van der Waals surface area contributed by atoms with Crippen LogP contribution in [0.25, 0.3) is 39.2 Å². The minimum atomic E-state index is 0.638. The van der Waals surface area contributed by atoms with Gasteiger partial charge in [0.1, 0.15) is 17.0 Å². The van der Waals surface area contributed by atoms with Crippen molar-refractivity contribution in [3.63, 3.8) is 0 Å². The van der Waals surface area contributed by atoms with Gasteiger partial charge in [0.05, 0.1) is 22.6 Å². The first-order chi connectivity index (χ1) is 16.7. The Morgan fingerprint density at radius 3 is 2.74 bits per heavy atom. The number of aromatic nitrogens is 5. The Balaban J connectivity index is 1.32. The lowest BCUT2D eigenvalue weighted by Crippen LogP contribution is -2.03. The molecule has 6 heteroatoms. The molecule has 4 aromatic heterocycles. The summed E-state index contributed by atoms with van der Waals surface area (Å²) >= 11 is 0. The first-order valence-corrected chi connectivity index (χ1v) is 11.5. The topological polar surface area (TPSA) is 79.4 Å². The molecule has 6 nitrogen and oxygen atoms in total. The number of rotatable bonds is 5. The van der Waals surface area contributed by atoms with Crippen LogP contribution in [0.2, 0.25) is 0 Å². The molecule has 6 rings (SSSR count). The lowest BCUT2D eigenvalue weighted by molar-refractivity contribution is 0.912. The Morgan fingerprint density at radius 2 is 1.85 bits per heavy atom. The fourth-order valence-electron chi connectivity index (χ4n) is 4.68. The van der Waals surface area contributed by atoms with Crippen LogP contribution in [-0.2, 0) is 12.8 Å². The third-order valence-electron chi connectivity index (χ3n) is 6.50. The monoisotopic (exact) mass is 444 g/mol. The maximum Gasteiger partial charge on any atom is 0.134 e. The van der Waals surface area contributed by atoms with Crippen LogP contribution in [0, 0.1) is 6.92 Å². The second kappa shape index (κ2) is 8.23. The Kier molecular flexibility index (Phi) is 4.91. The van der Waals surface area contributed by atoms with Crippen LogP contribution in [-0.4, -0.2) is 25.1 Å². The first-order valence-electron chi connectivity index (χ1n) is 11.5. The van der Waals surface area contributed by atoms with Crippen molar-refractivity contribution in [3.8, 4) is 22.5 Å². The van der Waals surface area contributed by atoms with Crippen molar-refractivity contribution < 1.29 is 0 Å². The number of H-pyrrole nitrogens is 1. The van der Waals surface area contributed by atoms with Gasteiger partial charge in [-0.05, 0) is 84.3 Å². The highest BCUT2D eigenvalue weighted by atomic mass is 15.2. The normalized spacial score (nSPS) is 12.6. The average molecular weight is 445 g/mol. The summed E-state index contributed by atoms with van der Waals surface area (Å²) in [4.78, 5) is 13.8. The Labute approximate surface area is 197 Å². The average Bonchev–Trinajstić information content (AvgIpc) is 3.52. The molecule has 34 heavy (non-hydrogen) atoms. The van der Waals surface area contributed by atoms with Crippen LogP contribution < -0.4 is 5.32 Å². The number of aryl methyl sites for hydroxylation is 2. The van der Waals surface area contributed by atoms with E-state index in [9.17, 15) is 0 Å². The zero-order valence-corrected chi connectivity index (χ0v) is 19.0. The van der Waals surface area contributed by atoms with Crippen LogP contribution in [0.1, 0.15) is 28.8 Å². The van der Waals surface area contributed by atoms with Gasteiger partial charge in [-0.15, -0.1) is 0 Å². The number of nitrogens with zero attached hydrogens (tertiary/aromatic N) is 4. The van der Waals surface area contributed by atoms with E-state index in [1.54, 1.807) is 6.20 Å². The molecule has 166 valence electrons.